The molecule has 0 amide bonds. The third-order valence-electron chi connectivity index (χ3n) is 2.54. The molecule has 1 heterocycles. The summed E-state index contributed by atoms with van der Waals surface area (Å²) in [6, 6.07) is 5.95. The highest BCUT2D eigenvalue weighted by Crippen LogP contribution is 2.31. The summed E-state index contributed by atoms with van der Waals surface area (Å²) in [4.78, 5) is 14.4. The summed E-state index contributed by atoms with van der Waals surface area (Å²) in [6.45, 7) is 0. The fourth-order valence-corrected chi connectivity index (χ4v) is 4.30. The summed E-state index contributed by atoms with van der Waals surface area (Å²) in [6.07, 6.45) is 3.34. The highest BCUT2D eigenvalue weighted by molar-refractivity contribution is 7.90. The van der Waals surface area contributed by atoms with Gasteiger partial charge in [0, 0.05) is 18.0 Å². The van der Waals surface area contributed by atoms with Gasteiger partial charge in [0.25, 0.3) is 0 Å². The summed E-state index contributed by atoms with van der Waals surface area (Å²) in [5.74, 6) is -0.328. The van der Waals surface area contributed by atoms with Crippen LogP contribution >= 0.6 is 23.2 Å². The minimum absolute atomic E-state index is 0.0667. The normalized spacial score (nSPS) is 11.3. The number of halogens is 2. The van der Waals surface area contributed by atoms with Gasteiger partial charge in [0.2, 0.25) is 0 Å². The van der Waals surface area contributed by atoms with Crippen LogP contribution in [0.2, 0.25) is 10.0 Å². The Kier molecular flexibility index (Phi) is 4.42. The second-order valence-corrected chi connectivity index (χ2v) is 6.80. The maximum absolute atomic E-state index is 12.4. The van der Waals surface area contributed by atoms with Crippen LogP contribution in [-0.4, -0.2) is 19.7 Å². The van der Waals surface area contributed by atoms with Gasteiger partial charge in [-0.05, 0) is 23.8 Å². The van der Waals surface area contributed by atoms with Crippen molar-refractivity contribution in [2.75, 3.05) is 0 Å². The van der Waals surface area contributed by atoms with Crippen LogP contribution in [0.1, 0.15) is 15.9 Å². The number of hydrogen-bond donors (Lipinski definition) is 0. The van der Waals surface area contributed by atoms with Gasteiger partial charge >= 0.3 is 0 Å². The summed E-state index contributed by atoms with van der Waals surface area (Å²) >= 11 is 11.8. The lowest BCUT2D eigenvalue weighted by atomic mass is 10.2. The number of benzene rings is 1. The van der Waals surface area contributed by atoms with Crippen molar-refractivity contribution in [3.8, 4) is 0 Å². The molecule has 4 nitrogen and oxygen atoms in total. The fourth-order valence-electron chi connectivity index (χ4n) is 1.72. The molecule has 1 aromatic heterocycles. The number of aromatic nitrogens is 1. The van der Waals surface area contributed by atoms with E-state index in [1.54, 1.807) is 6.07 Å². The largest absolute Gasteiger partial charge is 0.298 e. The van der Waals surface area contributed by atoms with E-state index in [9.17, 15) is 13.2 Å². The Morgan fingerprint density at radius 2 is 1.80 bits per heavy atom. The molecule has 0 N–H and O–H groups in total. The average Bonchev–Trinajstić information content (AvgIpc) is 2.37. The Bertz CT molecular complexity index is 740. The van der Waals surface area contributed by atoms with Gasteiger partial charge in [-0.15, -0.1) is 0 Å². The zero-order valence-corrected chi connectivity index (χ0v) is 12.4. The molecule has 0 bridgehead atoms. The lowest BCUT2D eigenvalue weighted by Crippen LogP contribution is -2.07. The molecule has 0 aliphatic heterocycles. The number of aldehydes is 1. The Balaban J connectivity index is 2.43. The number of sulfone groups is 1. The smallest absolute Gasteiger partial charge is 0.185 e. The molecular formula is C13H9Cl2NO3S. The van der Waals surface area contributed by atoms with E-state index < -0.39 is 9.84 Å². The second-order valence-electron chi connectivity index (χ2n) is 4.05. The molecule has 0 spiro atoms. The maximum Gasteiger partial charge on any atom is 0.185 e. The fraction of sp³-hybridized carbons (Fsp3) is 0.0769. The van der Waals surface area contributed by atoms with Crippen LogP contribution in [0.25, 0.3) is 0 Å². The van der Waals surface area contributed by atoms with Crippen molar-refractivity contribution in [3.05, 3.63) is 57.8 Å². The monoisotopic (exact) mass is 329 g/mol. The molecule has 1 aromatic carbocycles. The Morgan fingerprint density at radius 3 is 2.40 bits per heavy atom. The number of nitrogens with zero attached hydrogens (tertiary/aromatic N) is 1. The third-order valence-corrected chi connectivity index (χ3v) is 5.17. The Labute approximate surface area is 126 Å². The van der Waals surface area contributed by atoms with Gasteiger partial charge < -0.3 is 0 Å². The molecular weight excluding hydrogens is 321 g/mol. The topological polar surface area (TPSA) is 64.1 Å². The van der Waals surface area contributed by atoms with Crippen molar-refractivity contribution < 1.29 is 13.2 Å². The van der Waals surface area contributed by atoms with Crippen LogP contribution in [0, 0.1) is 0 Å². The molecule has 0 radical (unpaired) electrons. The first-order chi connectivity index (χ1) is 9.44. The first kappa shape index (κ1) is 15.0. The highest BCUT2D eigenvalue weighted by Gasteiger charge is 2.22. The molecule has 0 atom stereocenters. The molecule has 0 saturated carbocycles. The molecule has 0 aliphatic carbocycles. The van der Waals surface area contributed by atoms with Crippen molar-refractivity contribution in [1.29, 1.82) is 0 Å². The van der Waals surface area contributed by atoms with Gasteiger partial charge in [-0.3, -0.25) is 9.78 Å². The molecule has 0 unspecified atom stereocenters. The van der Waals surface area contributed by atoms with E-state index in [2.05, 4.69) is 4.98 Å². The van der Waals surface area contributed by atoms with Crippen LogP contribution in [0.15, 0.2) is 41.6 Å². The molecule has 20 heavy (non-hydrogen) atoms. The van der Waals surface area contributed by atoms with Gasteiger partial charge in [-0.25, -0.2) is 8.42 Å². The molecule has 7 heteroatoms. The lowest BCUT2D eigenvalue weighted by molar-refractivity contribution is 0.112. The van der Waals surface area contributed by atoms with E-state index in [1.807, 2.05) is 0 Å². The van der Waals surface area contributed by atoms with Gasteiger partial charge in [0.15, 0.2) is 16.1 Å². The Morgan fingerprint density at radius 1 is 1.15 bits per heavy atom. The quantitative estimate of drug-likeness (QED) is 0.808. The van der Waals surface area contributed by atoms with Gasteiger partial charge in [-0.1, -0.05) is 29.3 Å². The van der Waals surface area contributed by atoms with Crippen molar-refractivity contribution in [2.24, 2.45) is 0 Å². The molecule has 2 aromatic rings. The summed E-state index contributed by atoms with van der Waals surface area (Å²) in [5.41, 5.74) is 0.702. The summed E-state index contributed by atoms with van der Waals surface area (Å²) < 4.78 is 24.7. The van der Waals surface area contributed by atoms with Crippen molar-refractivity contribution in [1.82, 2.24) is 4.98 Å². The van der Waals surface area contributed by atoms with Crippen molar-refractivity contribution in [2.45, 2.75) is 10.6 Å². The molecule has 104 valence electrons. The predicted octanol–water partition coefficient (Wildman–Crippen LogP) is 3.17. The van der Waals surface area contributed by atoms with E-state index in [0.717, 1.165) is 0 Å². The molecule has 0 saturated heterocycles. The van der Waals surface area contributed by atoms with Crippen LogP contribution in [0.3, 0.4) is 0 Å². The summed E-state index contributed by atoms with van der Waals surface area (Å²) in [5, 5.41) is 0.133. The molecule has 2 rings (SSSR count). The first-order valence-electron chi connectivity index (χ1n) is 5.50. The van der Waals surface area contributed by atoms with E-state index >= 15 is 0 Å². The second kappa shape index (κ2) is 5.91. The zero-order chi connectivity index (χ0) is 14.8. The van der Waals surface area contributed by atoms with E-state index in [1.165, 1.54) is 30.6 Å². The minimum Gasteiger partial charge on any atom is -0.298 e. The van der Waals surface area contributed by atoms with Crippen LogP contribution < -0.4 is 0 Å². The standard InChI is InChI=1S/C13H9Cl2NO3S/c14-11-2-1-3-12(15)13(11)20(18,19)8-10-4-9(7-17)5-16-6-10/h1-7H,8H2. The van der Waals surface area contributed by atoms with Crippen molar-refractivity contribution in [3.63, 3.8) is 0 Å². The number of pyridine rings is 1. The van der Waals surface area contributed by atoms with Crippen LogP contribution in [-0.2, 0) is 15.6 Å². The number of rotatable bonds is 4. The SMILES string of the molecule is O=Cc1cncc(CS(=O)(=O)c2c(Cl)cccc2Cl)c1. The number of carbonyl (C=O) groups excluding carboxylic acids is 1. The number of hydrogen-bond acceptors (Lipinski definition) is 4. The predicted molar refractivity (Wildman–Crippen MR) is 77.0 cm³/mol. The number of carbonyl (C=O) groups is 1. The van der Waals surface area contributed by atoms with E-state index in [4.69, 9.17) is 23.2 Å². The lowest BCUT2D eigenvalue weighted by Gasteiger charge is -2.08. The van der Waals surface area contributed by atoms with Crippen LogP contribution in [0.5, 0.6) is 0 Å². The highest BCUT2D eigenvalue weighted by atomic mass is 35.5. The van der Waals surface area contributed by atoms with Gasteiger partial charge in [-0.2, -0.15) is 0 Å². The van der Waals surface area contributed by atoms with Gasteiger partial charge in [0.1, 0.15) is 4.90 Å². The Hall–Kier alpha value is -1.43. The van der Waals surface area contributed by atoms with Gasteiger partial charge in [0.05, 0.1) is 15.8 Å². The maximum atomic E-state index is 12.4. The van der Waals surface area contributed by atoms with Crippen molar-refractivity contribution >= 4 is 39.3 Å². The van der Waals surface area contributed by atoms with E-state index in [0.29, 0.717) is 17.4 Å². The average molecular weight is 330 g/mol. The van der Waals surface area contributed by atoms with E-state index in [-0.39, 0.29) is 20.7 Å². The first-order valence-corrected chi connectivity index (χ1v) is 7.91. The molecule has 0 fully saturated rings. The molecule has 0 aliphatic rings. The van der Waals surface area contributed by atoms with Crippen LogP contribution in [0.4, 0.5) is 0 Å². The third kappa shape index (κ3) is 3.17. The zero-order valence-electron chi connectivity index (χ0n) is 10.1. The minimum atomic E-state index is -3.72. The summed E-state index contributed by atoms with van der Waals surface area (Å²) in [7, 11) is -3.72.